The van der Waals surface area contributed by atoms with Crippen LogP contribution in [-0.2, 0) is 21.4 Å². The molecule has 5 rings (SSSR count). The first-order chi connectivity index (χ1) is 16.2. The van der Waals surface area contributed by atoms with E-state index in [0.717, 1.165) is 62.0 Å². The summed E-state index contributed by atoms with van der Waals surface area (Å²) in [4.78, 5) is 20.4. The van der Waals surface area contributed by atoms with Crippen LogP contribution in [0.15, 0.2) is 60.8 Å². The third-order valence-corrected chi connectivity index (χ3v) is 7.49. The topological polar surface area (TPSA) is 51.7 Å². The van der Waals surface area contributed by atoms with Gasteiger partial charge in [0.2, 0.25) is 5.91 Å². The molecule has 0 saturated carbocycles. The molecule has 0 bridgehead atoms. The van der Waals surface area contributed by atoms with Crippen LogP contribution >= 0.6 is 0 Å². The number of ether oxygens (including phenoxy) is 2. The molecule has 33 heavy (non-hydrogen) atoms. The molecule has 2 fully saturated rings. The second-order valence-electron chi connectivity index (χ2n) is 9.39. The fourth-order valence-corrected chi connectivity index (χ4v) is 5.48. The third kappa shape index (κ3) is 4.47. The van der Waals surface area contributed by atoms with E-state index in [4.69, 9.17) is 9.47 Å². The third-order valence-electron chi connectivity index (χ3n) is 7.49. The molecule has 0 radical (unpaired) electrons. The van der Waals surface area contributed by atoms with E-state index in [1.165, 1.54) is 10.9 Å². The lowest BCUT2D eigenvalue weighted by molar-refractivity contribution is -0.142. The van der Waals surface area contributed by atoms with Crippen LogP contribution in [0.5, 0.6) is 5.75 Å². The predicted molar refractivity (Wildman–Crippen MR) is 129 cm³/mol. The minimum Gasteiger partial charge on any atom is -0.497 e. The normalized spacial score (nSPS) is 18.9. The number of hydrogen-bond acceptors (Lipinski definition) is 4. The number of rotatable bonds is 5. The van der Waals surface area contributed by atoms with Gasteiger partial charge in [-0.2, -0.15) is 0 Å². The lowest BCUT2D eigenvalue weighted by Gasteiger charge is -2.42. The van der Waals surface area contributed by atoms with Crippen molar-refractivity contribution in [3.8, 4) is 5.75 Å². The van der Waals surface area contributed by atoms with E-state index < -0.39 is 5.41 Å². The van der Waals surface area contributed by atoms with Gasteiger partial charge in [-0.3, -0.25) is 9.78 Å². The van der Waals surface area contributed by atoms with Crippen molar-refractivity contribution in [2.45, 2.75) is 37.5 Å². The van der Waals surface area contributed by atoms with Crippen LogP contribution in [0.2, 0.25) is 0 Å². The fraction of sp³-hybridized carbons (Fsp3) is 0.429. The zero-order valence-corrected chi connectivity index (χ0v) is 19.3. The maximum Gasteiger partial charge on any atom is 0.233 e. The zero-order chi connectivity index (χ0) is 22.7. The molecule has 3 aromatic rings. The number of carbonyl (C=O) groups excluding carboxylic acids is 1. The van der Waals surface area contributed by atoms with Gasteiger partial charge >= 0.3 is 0 Å². The van der Waals surface area contributed by atoms with Crippen LogP contribution < -0.4 is 4.74 Å². The summed E-state index contributed by atoms with van der Waals surface area (Å²) < 4.78 is 11.0. The Morgan fingerprint density at radius 2 is 1.85 bits per heavy atom. The van der Waals surface area contributed by atoms with Crippen molar-refractivity contribution in [2.24, 2.45) is 5.92 Å². The van der Waals surface area contributed by atoms with Gasteiger partial charge in [-0.05, 0) is 79.5 Å². The van der Waals surface area contributed by atoms with Crippen LogP contribution in [0.4, 0.5) is 0 Å². The fourth-order valence-electron chi connectivity index (χ4n) is 5.48. The quantitative estimate of drug-likeness (QED) is 0.569. The molecule has 0 N–H and O–H groups in total. The second kappa shape index (κ2) is 9.52. The van der Waals surface area contributed by atoms with E-state index in [1.807, 2.05) is 24.4 Å². The minimum atomic E-state index is -0.483. The summed E-state index contributed by atoms with van der Waals surface area (Å²) in [7, 11) is 1.67. The van der Waals surface area contributed by atoms with Crippen molar-refractivity contribution in [1.82, 2.24) is 9.88 Å². The summed E-state index contributed by atoms with van der Waals surface area (Å²) in [6.07, 6.45) is 6.47. The molecule has 2 aliphatic heterocycles. The molecular formula is C28H32N2O3. The van der Waals surface area contributed by atoms with Crippen molar-refractivity contribution < 1.29 is 14.3 Å². The van der Waals surface area contributed by atoms with E-state index in [0.29, 0.717) is 19.1 Å². The smallest absolute Gasteiger partial charge is 0.233 e. The number of nitrogens with zero attached hydrogens (tertiary/aromatic N) is 2. The molecule has 5 nitrogen and oxygen atoms in total. The summed E-state index contributed by atoms with van der Waals surface area (Å²) in [5.74, 6) is 1.69. The Balaban J connectivity index is 1.27. The van der Waals surface area contributed by atoms with Crippen molar-refractivity contribution in [3.05, 3.63) is 71.9 Å². The molecule has 2 saturated heterocycles. The average molecular weight is 445 g/mol. The molecule has 0 unspecified atom stereocenters. The number of methoxy groups -OCH3 is 1. The van der Waals surface area contributed by atoms with Gasteiger partial charge in [0.15, 0.2) is 0 Å². The molecule has 2 aromatic carbocycles. The van der Waals surface area contributed by atoms with Crippen LogP contribution in [-0.4, -0.2) is 49.2 Å². The lowest BCUT2D eigenvalue weighted by Crippen LogP contribution is -2.52. The Kier molecular flexibility index (Phi) is 6.32. The highest BCUT2D eigenvalue weighted by Crippen LogP contribution is 2.38. The van der Waals surface area contributed by atoms with Crippen molar-refractivity contribution in [3.63, 3.8) is 0 Å². The van der Waals surface area contributed by atoms with Gasteiger partial charge in [-0.25, -0.2) is 0 Å². The van der Waals surface area contributed by atoms with Gasteiger partial charge < -0.3 is 14.4 Å². The maximum atomic E-state index is 13.9. The monoisotopic (exact) mass is 444 g/mol. The largest absolute Gasteiger partial charge is 0.497 e. The molecule has 0 aliphatic carbocycles. The lowest BCUT2D eigenvalue weighted by atomic mass is 9.72. The summed E-state index contributed by atoms with van der Waals surface area (Å²) >= 11 is 0. The Morgan fingerprint density at radius 1 is 1.09 bits per heavy atom. The Labute approximate surface area is 195 Å². The molecule has 0 spiro atoms. The summed E-state index contributed by atoms with van der Waals surface area (Å²) in [5, 5.41) is 1.20. The van der Waals surface area contributed by atoms with Gasteiger partial charge in [0.25, 0.3) is 0 Å². The highest BCUT2D eigenvalue weighted by molar-refractivity contribution is 5.88. The number of likely N-dealkylation sites (tertiary alicyclic amines) is 1. The Hall–Kier alpha value is -2.92. The van der Waals surface area contributed by atoms with E-state index in [9.17, 15) is 4.79 Å². The van der Waals surface area contributed by atoms with Gasteiger partial charge in [0, 0.05) is 37.9 Å². The SMILES string of the molecule is COc1ccc(C2(C(=O)N3CCC(Cc4ccc5ncccc5c4)CC3)CCOCC2)cc1. The van der Waals surface area contributed by atoms with Gasteiger partial charge in [0.05, 0.1) is 18.0 Å². The first-order valence-corrected chi connectivity index (χ1v) is 12.0. The molecule has 172 valence electrons. The maximum absolute atomic E-state index is 13.9. The van der Waals surface area contributed by atoms with E-state index >= 15 is 0 Å². The van der Waals surface area contributed by atoms with E-state index in [-0.39, 0.29) is 5.91 Å². The summed E-state index contributed by atoms with van der Waals surface area (Å²) in [5.41, 5.74) is 3.01. The molecular weight excluding hydrogens is 412 g/mol. The molecule has 0 atom stereocenters. The number of piperidine rings is 1. The average Bonchev–Trinajstić information content (AvgIpc) is 2.89. The molecule has 1 amide bonds. The van der Waals surface area contributed by atoms with Crippen molar-refractivity contribution in [1.29, 1.82) is 0 Å². The van der Waals surface area contributed by atoms with Crippen molar-refractivity contribution in [2.75, 3.05) is 33.4 Å². The molecule has 2 aliphatic rings. The first kappa shape index (κ1) is 21.9. The predicted octanol–water partition coefficient (Wildman–Crippen LogP) is 4.77. The number of pyridine rings is 1. The number of fused-ring (bicyclic) bond motifs is 1. The summed E-state index contributed by atoms with van der Waals surface area (Å²) in [6, 6.07) is 18.7. The highest BCUT2D eigenvalue weighted by atomic mass is 16.5. The van der Waals surface area contributed by atoms with Gasteiger partial charge in [-0.15, -0.1) is 0 Å². The Morgan fingerprint density at radius 3 is 2.58 bits per heavy atom. The second-order valence-corrected chi connectivity index (χ2v) is 9.39. The highest BCUT2D eigenvalue weighted by Gasteiger charge is 2.44. The van der Waals surface area contributed by atoms with Crippen molar-refractivity contribution >= 4 is 16.8 Å². The van der Waals surface area contributed by atoms with Crippen LogP contribution in [0.25, 0.3) is 10.9 Å². The molecule has 1 aromatic heterocycles. The van der Waals surface area contributed by atoms with Gasteiger partial charge in [0.1, 0.15) is 5.75 Å². The van der Waals surface area contributed by atoms with E-state index in [1.54, 1.807) is 7.11 Å². The number of carbonyl (C=O) groups is 1. The summed E-state index contributed by atoms with van der Waals surface area (Å²) in [6.45, 7) is 2.92. The number of hydrogen-bond donors (Lipinski definition) is 0. The van der Waals surface area contributed by atoms with Crippen LogP contribution in [0.1, 0.15) is 36.8 Å². The standard InChI is InChI=1S/C28H32N2O3/c1-32-25-7-5-24(6-8-25)28(12-17-33-18-13-28)27(31)30-15-10-21(11-16-30)19-22-4-9-26-23(20-22)3-2-14-29-26/h2-9,14,20-21H,10-13,15-19H2,1H3. The first-order valence-electron chi connectivity index (χ1n) is 12.0. The van der Waals surface area contributed by atoms with Gasteiger partial charge in [-0.1, -0.05) is 24.3 Å². The molecule has 3 heterocycles. The van der Waals surface area contributed by atoms with Crippen LogP contribution in [0.3, 0.4) is 0 Å². The number of aromatic nitrogens is 1. The minimum absolute atomic E-state index is 0.270. The Bertz CT molecular complexity index is 1100. The van der Waals surface area contributed by atoms with Crippen LogP contribution in [0, 0.1) is 5.92 Å². The van der Waals surface area contributed by atoms with E-state index in [2.05, 4.69) is 46.3 Å². The molecule has 5 heteroatoms. The zero-order valence-electron chi connectivity index (χ0n) is 19.3. The number of amides is 1. The number of benzene rings is 2.